The van der Waals surface area contributed by atoms with Crippen LogP contribution in [0.2, 0.25) is 0 Å². The first-order chi connectivity index (χ1) is 11.5. The van der Waals surface area contributed by atoms with Crippen molar-refractivity contribution in [1.82, 2.24) is 4.90 Å². The van der Waals surface area contributed by atoms with Gasteiger partial charge in [-0.05, 0) is 35.9 Å². The smallest absolute Gasteiger partial charge is 0.251 e. The molecule has 0 aliphatic carbocycles. The third kappa shape index (κ3) is 4.78. The van der Waals surface area contributed by atoms with E-state index in [-0.39, 0.29) is 24.2 Å². The molecule has 24 heavy (non-hydrogen) atoms. The summed E-state index contributed by atoms with van der Waals surface area (Å²) in [4.78, 5) is 27.4. The van der Waals surface area contributed by atoms with Gasteiger partial charge in [0.1, 0.15) is 12.4 Å². The first-order valence-electron chi connectivity index (χ1n) is 7.47. The van der Waals surface area contributed by atoms with Gasteiger partial charge in [0, 0.05) is 25.9 Å². The Labute approximate surface area is 140 Å². The van der Waals surface area contributed by atoms with Crippen LogP contribution in [-0.4, -0.2) is 37.4 Å². The second kappa shape index (κ2) is 8.06. The largest absolute Gasteiger partial charge is 0.347 e. The Balaban J connectivity index is 2.22. The maximum absolute atomic E-state index is 13.2. The molecule has 2 rings (SSSR count). The van der Waals surface area contributed by atoms with E-state index in [0.717, 1.165) is 0 Å². The maximum atomic E-state index is 13.2. The van der Waals surface area contributed by atoms with E-state index < -0.39 is 0 Å². The van der Waals surface area contributed by atoms with Crippen LogP contribution in [0.15, 0.2) is 60.7 Å². The van der Waals surface area contributed by atoms with E-state index in [9.17, 15) is 14.0 Å². The fourth-order valence-corrected chi connectivity index (χ4v) is 2.05. The Morgan fingerprint density at radius 3 is 2.38 bits per heavy atom. The minimum Gasteiger partial charge on any atom is -0.347 e. The lowest BCUT2D eigenvalue weighted by molar-refractivity contribution is -0.128. The van der Waals surface area contributed by atoms with Crippen LogP contribution >= 0.6 is 0 Å². The number of anilines is 1. The molecule has 5 heteroatoms. The van der Waals surface area contributed by atoms with Crippen LogP contribution in [0.3, 0.4) is 0 Å². The summed E-state index contributed by atoms with van der Waals surface area (Å²) in [5.41, 5.74) is 1.21. The van der Waals surface area contributed by atoms with Gasteiger partial charge in [0.05, 0.1) is 0 Å². The van der Waals surface area contributed by atoms with Crippen LogP contribution in [0.5, 0.6) is 0 Å². The van der Waals surface area contributed by atoms with E-state index in [4.69, 9.17) is 0 Å². The molecule has 0 radical (unpaired) electrons. The van der Waals surface area contributed by atoms with Gasteiger partial charge in [0.2, 0.25) is 5.91 Å². The number of amides is 2. The number of hydrogen-bond acceptors (Lipinski definition) is 2. The highest BCUT2D eigenvalue weighted by Gasteiger charge is 2.18. The van der Waals surface area contributed by atoms with E-state index in [1.807, 2.05) is 6.07 Å². The van der Waals surface area contributed by atoms with Crippen molar-refractivity contribution in [2.45, 2.75) is 0 Å². The van der Waals surface area contributed by atoms with Gasteiger partial charge in [-0.3, -0.25) is 14.5 Å². The molecule has 4 nitrogen and oxygen atoms in total. The molecule has 0 N–H and O–H groups in total. The van der Waals surface area contributed by atoms with Crippen LogP contribution in [0, 0.1) is 5.82 Å². The predicted octanol–water partition coefficient (Wildman–Crippen LogP) is 2.96. The van der Waals surface area contributed by atoms with Crippen molar-refractivity contribution in [3.05, 3.63) is 72.1 Å². The quantitative estimate of drug-likeness (QED) is 0.793. The summed E-state index contributed by atoms with van der Waals surface area (Å²) >= 11 is 0. The molecular weight excluding hydrogens is 307 g/mol. The van der Waals surface area contributed by atoms with E-state index >= 15 is 0 Å². The number of nitrogens with zero attached hydrogens (tertiary/aromatic N) is 2. The standard InChI is InChI=1S/C19H19FN2O2/c1-21(2)19(24)14-22(17-9-4-3-5-10-17)18(23)12-11-15-7-6-8-16(20)13-15/h3-13H,14H2,1-2H3. The zero-order valence-corrected chi connectivity index (χ0v) is 13.6. The van der Waals surface area contributed by atoms with Crippen molar-refractivity contribution < 1.29 is 14.0 Å². The molecule has 2 aromatic rings. The molecule has 2 aromatic carbocycles. The second-order valence-corrected chi connectivity index (χ2v) is 5.44. The van der Waals surface area contributed by atoms with Gasteiger partial charge >= 0.3 is 0 Å². The SMILES string of the molecule is CN(C)C(=O)CN(C(=O)C=Cc1cccc(F)c1)c1ccccc1. The highest BCUT2D eigenvalue weighted by molar-refractivity contribution is 6.06. The highest BCUT2D eigenvalue weighted by atomic mass is 19.1. The molecular formula is C19H19FN2O2. The summed E-state index contributed by atoms with van der Waals surface area (Å²) in [7, 11) is 3.27. The minimum atomic E-state index is -0.368. The summed E-state index contributed by atoms with van der Waals surface area (Å²) in [6.07, 6.45) is 2.87. The Hall–Kier alpha value is -2.95. The van der Waals surface area contributed by atoms with Crippen molar-refractivity contribution in [2.75, 3.05) is 25.5 Å². The Bertz CT molecular complexity index is 742. The molecule has 2 amide bonds. The third-order valence-electron chi connectivity index (χ3n) is 3.39. The molecule has 0 bridgehead atoms. The van der Waals surface area contributed by atoms with Gasteiger partial charge in [0.15, 0.2) is 0 Å². The summed E-state index contributed by atoms with van der Waals surface area (Å²) < 4.78 is 13.2. The second-order valence-electron chi connectivity index (χ2n) is 5.44. The molecule has 0 aliphatic rings. The van der Waals surface area contributed by atoms with E-state index in [2.05, 4.69) is 0 Å². The topological polar surface area (TPSA) is 40.6 Å². The summed E-state index contributed by atoms with van der Waals surface area (Å²) in [6.45, 7) is -0.0661. The van der Waals surface area contributed by atoms with Crippen LogP contribution in [0.1, 0.15) is 5.56 Å². The molecule has 0 aliphatic heterocycles. The van der Waals surface area contributed by atoms with Gasteiger partial charge in [-0.15, -0.1) is 0 Å². The summed E-state index contributed by atoms with van der Waals surface area (Å²) in [5.74, 6) is -0.903. The number of halogens is 1. The Morgan fingerprint density at radius 2 is 1.75 bits per heavy atom. The fraction of sp³-hybridized carbons (Fsp3) is 0.158. The molecule has 0 saturated carbocycles. The molecule has 124 valence electrons. The molecule has 0 spiro atoms. The lowest BCUT2D eigenvalue weighted by Gasteiger charge is -2.22. The Morgan fingerprint density at radius 1 is 1.04 bits per heavy atom. The number of carbonyl (C=O) groups excluding carboxylic acids is 2. The van der Waals surface area contributed by atoms with E-state index in [0.29, 0.717) is 11.3 Å². The average molecular weight is 326 g/mol. The molecule has 0 aromatic heterocycles. The van der Waals surface area contributed by atoms with E-state index in [1.165, 1.54) is 34.1 Å². The number of rotatable bonds is 5. The summed E-state index contributed by atoms with van der Waals surface area (Å²) in [5, 5.41) is 0. The number of para-hydroxylation sites is 1. The zero-order chi connectivity index (χ0) is 17.5. The van der Waals surface area contributed by atoms with Gasteiger partial charge in [0.25, 0.3) is 5.91 Å². The van der Waals surface area contributed by atoms with E-state index in [1.54, 1.807) is 50.5 Å². The maximum Gasteiger partial charge on any atom is 0.251 e. The summed E-state index contributed by atoms with van der Waals surface area (Å²) in [6, 6.07) is 14.9. The molecule has 0 unspecified atom stereocenters. The highest BCUT2D eigenvalue weighted by Crippen LogP contribution is 2.15. The van der Waals surface area contributed by atoms with Gasteiger partial charge in [-0.1, -0.05) is 30.3 Å². The van der Waals surface area contributed by atoms with Crippen molar-refractivity contribution in [3.63, 3.8) is 0 Å². The lowest BCUT2D eigenvalue weighted by atomic mass is 10.2. The number of likely N-dealkylation sites (N-methyl/N-ethyl adjacent to an activating group) is 1. The van der Waals surface area contributed by atoms with Crippen LogP contribution < -0.4 is 4.90 Å². The number of hydrogen-bond donors (Lipinski definition) is 0. The third-order valence-corrected chi connectivity index (χ3v) is 3.39. The number of carbonyl (C=O) groups is 2. The predicted molar refractivity (Wildman–Crippen MR) is 92.9 cm³/mol. The average Bonchev–Trinajstić information content (AvgIpc) is 2.58. The molecule has 0 atom stereocenters. The van der Waals surface area contributed by atoms with Crippen molar-refractivity contribution in [2.24, 2.45) is 0 Å². The van der Waals surface area contributed by atoms with Crippen molar-refractivity contribution in [3.8, 4) is 0 Å². The minimum absolute atomic E-state index is 0.0661. The monoisotopic (exact) mass is 326 g/mol. The molecule has 0 fully saturated rings. The zero-order valence-electron chi connectivity index (χ0n) is 13.6. The van der Waals surface area contributed by atoms with Crippen LogP contribution in [0.4, 0.5) is 10.1 Å². The van der Waals surface area contributed by atoms with Crippen molar-refractivity contribution in [1.29, 1.82) is 0 Å². The molecule has 0 saturated heterocycles. The van der Waals surface area contributed by atoms with Crippen LogP contribution in [0.25, 0.3) is 6.08 Å². The van der Waals surface area contributed by atoms with Gasteiger partial charge in [-0.25, -0.2) is 4.39 Å². The fourth-order valence-electron chi connectivity index (χ4n) is 2.05. The van der Waals surface area contributed by atoms with Crippen LogP contribution in [-0.2, 0) is 9.59 Å². The first-order valence-corrected chi connectivity index (χ1v) is 7.47. The number of benzene rings is 2. The normalized spacial score (nSPS) is 10.6. The first kappa shape index (κ1) is 17.4. The van der Waals surface area contributed by atoms with Gasteiger partial charge < -0.3 is 4.90 Å². The van der Waals surface area contributed by atoms with Crippen molar-refractivity contribution >= 4 is 23.6 Å². The Kier molecular flexibility index (Phi) is 5.84. The van der Waals surface area contributed by atoms with Gasteiger partial charge in [-0.2, -0.15) is 0 Å². The molecule has 0 heterocycles. The lowest BCUT2D eigenvalue weighted by Crippen LogP contribution is -2.39.